The molecule has 0 fully saturated rings. The molecule has 0 aliphatic heterocycles. The van der Waals surface area contributed by atoms with Crippen molar-refractivity contribution in [3.63, 3.8) is 0 Å². The normalized spacial score (nSPS) is 10.6. The van der Waals surface area contributed by atoms with Gasteiger partial charge in [-0.3, -0.25) is 9.59 Å². The van der Waals surface area contributed by atoms with Gasteiger partial charge in [0.05, 0.1) is 7.11 Å². The van der Waals surface area contributed by atoms with Gasteiger partial charge in [-0.1, -0.05) is 36.4 Å². The molecule has 2 amide bonds. The third kappa shape index (κ3) is 5.35. The maximum absolute atomic E-state index is 13.0. The monoisotopic (exact) mass is 400 g/mol. The van der Waals surface area contributed by atoms with Gasteiger partial charge in [0.25, 0.3) is 5.91 Å². The van der Waals surface area contributed by atoms with E-state index in [2.05, 4.69) is 5.32 Å². The highest BCUT2D eigenvalue weighted by Gasteiger charge is 2.16. The van der Waals surface area contributed by atoms with Gasteiger partial charge < -0.3 is 15.0 Å². The predicted octanol–water partition coefficient (Wildman–Crippen LogP) is 5.01. The van der Waals surface area contributed by atoms with Gasteiger partial charge in [-0.05, 0) is 61.0 Å². The van der Waals surface area contributed by atoms with E-state index in [4.69, 9.17) is 4.74 Å². The van der Waals surface area contributed by atoms with Crippen molar-refractivity contribution in [3.8, 4) is 5.75 Å². The molecule has 30 heavy (non-hydrogen) atoms. The summed E-state index contributed by atoms with van der Waals surface area (Å²) in [6.07, 6.45) is 3.18. The number of ether oxygens (including phenoxy) is 1. The van der Waals surface area contributed by atoms with Gasteiger partial charge in [0.1, 0.15) is 5.75 Å². The van der Waals surface area contributed by atoms with Crippen molar-refractivity contribution >= 4 is 29.3 Å². The fourth-order valence-corrected chi connectivity index (χ4v) is 3.01. The summed E-state index contributed by atoms with van der Waals surface area (Å²) in [5.41, 5.74) is 2.80. The van der Waals surface area contributed by atoms with Crippen molar-refractivity contribution in [2.45, 2.75) is 6.92 Å². The van der Waals surface area contributed by atoms with Crippen LogP contribution in [0.3, 0.4) is 0 Å². The van der Waals surface area contributed by atoms with Crippen LogP contribution in [0.1, 0.15) is 22.8 Å². The minimum atomic E-state index is -0.272. The third-order valence-electron chi connectivity index (χ3n) is 4.55. The van der Waals surface area contributed by atoms with Crippen LogP contribution < -0.4 is 15.0 Å². The molecular weight excluding hydrogens is 376 g/mol. The Kier molecular flexibility index (Phi) is 7.00. The van der Waals surface area contributed by atoms with Crippen LogP contribution in [0, 0.1) is 0 Å². The highest BCUT2D eigenvalue weighted by Crippen LogP contribution is 2.19. The molecule has 0 spiro atoms. The molecule has 0 radical (unpaired) electrons. The van der Waals surface area contributed by atoms with Gasteiger partial charge in [-0.25, -0.2) is 0 Å². The minimum Gasteiger partial charge on any atom is -0.497 e. The summed E-state index contributed by atoms with van der Waals surface area (Å²) < 4.78 is 5.12. The Morgan fingerprint density at radius 1 is 0.967 bits per heavy atom. The molecule has 5 heteroatoms. The van der Waals surface area contributed by atoms with E-state index in [1.54, 1.807) is 42.4 Å². The van der Waals surface area contributed by atoms with Gasteiger partial charge in [-0.15, -0.1) is 0 Å². The van der Waals surface area contributed by atoms with Gasteiger partial charge >= 0.3 is 0 Å². The number of carbonyl (C=O) groups excluding carboxylic acids is 2. The summed E-state index contributed by atoms with van der Waals surface area (Å²) in [5, 5.41) is 2.81. The van der Waals surface area contributed by atoms with Crippen molar-refractivity contribution in [2.24, 2.45) is 0 Å². The molecule has 0 aliphatic rings. The zero-order chi connectivity index (χ0) is 21.3. The number of nitrogens with one attached hydrogen (secondary N) is 1. The molecule has 0 aliphatic carbocycles. The molecule has 0 saturated heterocycles. The van der Waals surface area contributed by atoms with E-state index in [1.165, 1.54) is 6.08 Å². The summed E-state index contributed by atoms with van der Waals surface area (Å²) in [6, 6.07) is 23.9. The third-order valence-corrected chi connectivity index (χ3v) is 4.55. The van der Waals surface area contributed by atoms with Crippen molar-refractivity contribution in [2.75, 3.05) is 23.9 Å². The summed E-state index contributed by atoms with van der Waals surface area (Å²) in [4.78, 5) is 26.9. The second-order valence-corrected chi connectivity index (χ2v) is 6.56. The average Bonchev–Trinajstić information content (AvgIpc) is 2.79. The number of nitrogens with zero attached hydrogens (tertiary/aromatic N) is 1. The molecule has 0 saturated carbocycles. The van der Waals surface area contributed by atoms with Crippen molar-refractivity contribution < 1.29 is 14.3 Å². The molecule has 3 aromatic rings. The van der Waals surface area contributed by atoms with Crippen molar-refractivity contribution in [3.05, 3.63) is 96.1 Å². The number of benzene rings is 3. The number of hydrogen-bond acceptors (Lipinski definition) is 3. The first-order valence-electron chi connectivity index (χ1n) is 9.71. The molecular formula is C25H24N2O3. The lowest BCUT2D eigenvalue weighted by Gasteiger charge is -2.21. The standard InChI is InChI=1S/C25H24N2O3/c1-3-27(22-10-5-4-6-11-22)25(29)20-8-7-9-21(18-20)26-24(28)17-14-19-12-15-23(30-2)16-13-19/h4-18H,3H2,1-2H3,(H,26,28)/b17-14+. The van der Waals surface area contributed by atoms with Gasteiger partial charge in [0.15, 0.2) is 0 Å². The lowest BCUT2D eigenvalue weighted by molar-refractivity contribution is -0.111. The first kappa shape index (κ1) is 20.9. The minimum absolute atomic E-state index is 0.117. The van der Waals surface area contributed by atoms with Crippen LogP contribution in [0.5, 0.6) is 5.75 Å². The number of rotatable bonds is 7. The number of anilines is 2. The Hall–Kier alpha value is -3.86. The lowest BCUT2D eigenvalue weighted by Crippen LogP contribution is -2.30. The maximum Gasteiger partial charge on any atom is 0.258 e. The predicted molar refractivity (Wildman–Crippen MR) is 121 cm³/mol. The smallest absolute Gasteiger partial charge is 0.258 e. The summed E-state index contributed by atoms with van der Waals surface area (Å²) in [7, 11) is 1.61. The Morgan fingerprint density at radius 3 is 2.37 bits per heavy atom. The van der Waals surface area contributed by atoms with E-state index in [1.807, 2.05) is 61.5 Å². The van der Waals surface area contributed by atoms with Crippen LogP contribution in [0.15, 0.2) is 84.9 Å². The maximum atomic E-state index is 13.0. The lowest BCUT2D eigenvalue weighted by atomic mass is 10.1. The zero-order valence-electron chi connectivity index (χ0n) is 17.0. The summed E-state index contributed by atoms with van der Waals surface area (Å²) in [5.74, 6) is 0.370. The fraction of sp³-hybridized carbons (Fsp3) is 0.120. The van der Waals surface area contributed by atoms with Crippen molar-refractivity contribution in [1.29, 1.82) is 0 Å². The number of amides is 2. The largest absolute Gasteiger partial charge is 0.497 e. The molecule has 1 N–H and O–H groups in total. The molecule has 0 unspecified atom stereocenters. The first-order chi connectivity index (χ1) is 14.6. The SMILES string of the molecule is CCN(C(=O)c1cccc(NC(=O)/C=C/c2ccc(OC)cc2)c1)c1ccccc1. The summed E-state index contributed by atoms with van der Waals surface area (Å²) in [6.45, 7) is 2.48. The van der Waals surface area contributed by atoms with Crippen LogP contribution >= 0.6 is 0 Å². The van der Waals surface area contributed by atoms with E-state index >= 15 is 0 Å². The molecule has 0 atom stereocenters. The van der Waals surface area contributed by atoms with E-state index in [0.717, 1.165) is 17.0 Å². The molecule has 0 bridgehead atoms. The zero-order valence-corrected chi connectivity index (χ0v) is 17.0. The number of methoxy groups -OCH3 is 1. The molecule has 5 nitrogen and oxygen atoms in total. The Labute approximate surface area is 176 Å². The number of carbonyl (C=O) groups is 2. The quantitative estimate of drug-likeness (QED) is 0.567. The molecule has 0 aromatic heterocycles. The Balaban J connectivity index is 1.69. The average molecular weight is 400 g/mol. The van der Waals surface area contributed by atoms with Crippen LogP contribution in [0.2, 0.25) is 0 Å². The van der Waals surface area contributed by atoms with Gasteiger partial charge in [0.2, 0.25) is 5.91 Å². The van der Waals surface area contributed by atoms with E-state index in [9.17, 15) is 9.59 Å². The van der Waals surface area contributed by atoms with Crippen molar-refractivity contribution in [1.82, 2.24) is 0 Å². The first-order valence-corrected chi connectivity index (χ1v) is 9.71. The van der Waals surface area contributed by atoms with E-state index in [0.29, 0.717) is 17.8 Å². The second-order valence-electron chi connectivity index (χ2n) is 6.56. The number of para-hydroxylation sites is 1. The highest BCUT2D eigenvalue weighted by molar-refractivity contribution is 6.07. The Morgan fingerprint density at radius 2 is 1.70 bits per heavy atom. The molecule has 3 aromatic carbocycles. The number of hydrogen-bond donors (Lipinski definition) is 1. The van der Waals surface area contributed by atoms with Crippen LogP contribution in [0.25, 0.3) is 6.08 Å². The second kappa shape index (κ2) is 10.1. The van der Waals surface area contributed by atoms with E-state index in [-0.39, 0.29) is 11.8 Å². The van der Waals surface area contributed by atoms with Crippen LogP contribution in [-0.4, -0.2) is 25.5 Å². The van der Waals surface area contributed by atoms with Crippen LogP contribution in [0.4, 0.5) is 11.4 Å². The summed E-state index contributed by atoms with van der Waals surface area (Å²) >= 11 is 0. The van der Waals surface area contributed by atoms with Gasteiger partial charge in [-0.2, -0.15) is 0 Å². The highest BCUT2D eigenvalue weighted by atomic mass is 16.5. The Bertz CT molecular complexity index is 1030. The van der Waals surface area contributed by atoms with Crippen LogP contribution in [-0.2, 0) is 4.79 Å². The topological polar surface area (TPSA) is 58.6 Å². The fourth-order valence-electron chi connectivity index (χ4n) is 3.01. The van der Waals surface area contributed by atoms with Gasteiger partial charge in [0, 0.05) is 29.6 Å². The molecule has 0 heterocycles. The molecule has 152 valence electrons. The molecule has 3 rings (SSSR count). The van der Waals surface area contributed by atoms with E-state index < -0.39 is 0 Å².